The van der Waals surface area contributed by atoms with E-state index in [-0.39, 0.29) is 31.0 Å². The van der Waals surface area contributed by atoms with Crippen LogP contribution < -0.4 is 4.74 Å². The van der Waals surface area contributed by atoms with E-state index in [1.54, 1.807) is 0 Å². The maximum absolute atomic E-state index is 10.1. The monoisotopic (exact) mass is 446 g/mol. The van der Waals surface area contributed by atoms with Gasteiger partial charge in [0.15, 0.2) is 0 Å². The van der Waals surface area contributed by atoms with Crippen LogP contribution in [0, 0.1) is 0 Å². The molecular weight excluding hydrogens is 416 g/mol. The highest BCUT2D eigenvalue weighted by Crippen LogP contribution is 2.34. The van der Waals surface area contributed by atoms with Gasteiger partial charge in [-0.2, -0.15) is 0 Å². The number of ether oxygens (including phenoxy) is 2. The van der Waals surface area contributed by atoms with E-state index in [0.717, 1.165) is 48.1 Å². The molecule has 4 rings (SSSR count). The Morgan fingerprint density at radius 3 is 2.39 bits per heavy atom. The number of hydrogen-bond donors (Lipinski definition) is 3. The highest BCUT2D eigenvalue weighted by Gasteiger charge is 2.29. The fourth-order valence-electron chi connectivity index (χ4n) is 4.51. The average molecular weight is 447 g/mol. The summed E-state index contributed by atoms with van der Waals surface area (Å²) in [7, 11) is 0. The minimum Gasteiger partial charge on any atom is -0.490 e. The minimum absolute atomic E-state index is 0.0934. The van der Waals surface area contributed by atoms with E-state index in [2.05, 4.69) is 12.1 Å². The van der Waals surface area contributed by atoms with Gasteiger partial charge in [0.25, 0.3) is 0 Å². The molecule has 1 heterocycles. The Hall–Kier alpha value is -1.63. The lowest BCUT2D eigenvalue weighted by Gasteiger charge is -2.32. The van der Waals surface area contributed by atoms with E-state index in [9.17, 15) is 15.3 Å². The quantitative estimate of drug-likeness (QED) is 0.620. The summed E-state index contributed by atoms with van der Waals surface area (Å²) in [6, 6.07) is 13.9. The third-order valence-corrected chi connectivity index (χ3v) is 6.66. The second kappa shape index (κ2) is 10.3. The van der Waals surface area contributed by atoms with E-state index in [4.69, 9.17) is 21.1 Å². The maximum Gasteiger partial charge on any atom is 0.119 e. The van der Waals surface area contributed by atoms with Crippen LogP contribution in [-0.2, 0) is 11.2 Å². The van der Waals surface area contributed by atoms with Crippen molar-refractivity contribution in [2.75, 3.05) is 6.61 Å². The lowest BCUT2D eigenvalue weighted by atomic mass is 9.94. The molecule has 1 saturated carbocycles. The first-order chi connectivity index (χ1) is 15.0. The minimum atomic E-state index is -0.477. The first-order valence-electron chi connectivity index (χ1n) is 11.2. The van der Waals surface area contributed by atoms with Gasteiger partial charge in [-0.25, -0.2) is 0 Å². The third-order valence-electron chi connectivity index (χ3n) is 6.29. The normalized spacial score (nSPS) is 29.0. The Balaban J connectivity index is 1.41. The average Bonchev–Trinajstić information content (AvgIpc) is 2.77. The van der Waals surface area contributed by atoms with Gasteiger partial charge in [-0.05, 0) is 67.0 Å². The van der Waals surface area contributed by atoms with Crippen molar-refractivity contribution < 1.29 is 24.8 Å². The number of hydrogen-bond acceptors (Lipinski definition) is 5. The molecular formula is C25H31ClO5. The molecule has 31 heavy (non-hydrogen) atoms. The smallest absolute Gasteiger partial charge is 0.119 e. The summed E-state index contributed by atoms with van der Waals surface area (Å²) in [5.41, 5.74) is 3.10. The largest absolute Gasteiger partial charge is 0.490 e. The molecule has 168 valence electrons. The van der Waals surface area contributed by atoms with E-state index < -0.39 is 6.10 Å². The van der Waals surface area contributed by atoms with Gasteiger partial charge in [0.2, 0.25) is 0 Å². The molecule has 0 aromatic heterocycles. The van der Waals surface area contributed by atoms with Crippen molar-refractivity contribution in [1.29, 1.82) is 0 Å². The van der Waals surface area contributed by atoms with Crippen molar-refractivity contribution in [3.05, 3.63) is 64.2 Å². The molecule has 1 aliphatic carbocycles. The summed E-state index contributed by atoms with van der Waals surface area (Å²) in [6.07, 6.45) is 3.97. The van der Waals surface area contributed by atoms with Crippen LogP contribution in [0.4, 0.5) is 0 Å². The summed E-state index contributed by atoms with van der Waals surface area (Å²) in [5.74, 6) is 0.852. The van der Waals surface area contributed by atoms with E-state index in [1.807, 2.05) is 30.3 Å². The van der Waals surface area contributed by atoms with Crippen molar-refractivity contribution in [2.45, 2.75) is 75.5 Å². The zero-order chi connectivity index (χ0) is 21.8. The number of aliphatic hydroxyl groups is 3. The predicted octanol–water partition coefficient (Wildman–Crippen LogP) is 4.19. The lowest BCUT2D eigenvalue weighted by Crippen LogP contribution is -2.33. The second-order valence-electron chi connectivity index (χ2n) is 8.77. The summed E-state index contributed by atoms with van der Waals surface area (Å²) < 4.78 is 12.0. The van der Waals surface area contributed by atoms with Gasteiger partial charge >= 0.3 is 0 Å². The van der Waals surface area contributed by atoms with Crippen LogP contribution in [0.3, 0.4) is 0 Å². The summed E-state index contributed by atoms with van der Waals surface area (Å²) >= 11 is 6.47. The Bertz CT molecular complexity index is 847. The number of benzene rings is 2. The molecule has 5 nitrogen and oxygen atoms in total. The molecule has 0 bridgehead atoms. The highest BCUT2D eigenvalue weighted by molar-refractivity contribution is 6.31. The van der Waals surface area contributed by atoms with Gasteiger partial charge < -0.3 is 24.8 Å². The maximum atomic E-state index is 10.1. The van der Waals surface area contributed by atoms with Gasteiger partial charge in [0.05, 0.1) is 37.1 Å². The molecule has 3 atom stereocenters. The zero-order valence-corrected chi connectivity index (χ0v) is 18.4. The van der Waals surface area contributed by atoms with Crippen molar-refractivity contribution in [3.63, 3.8) is 0 Å². The van der Waals surface area contributed by atoms with Crippen LogP contribution in [0.25, 0.3) is 0 Å². The number of aliphatic hydroxyl groups excluding tert-OH is 3. The van der Waals surface area contributed by atoms with Crippen LogP contribution in [0.2, 0.25) is 5.02 Å². The Labute approximate surface area is 188 Å². The Morgan fingerprint density at radius 1 is 0.935 bits per heavy atom. The summed E-state index contributed by atoms with van der Waals surface area (Å²) in [5, 5.41) is 29.9. The van der Waals surface area contributed by atoms with Crippen LogP contribution >= 0.6 is 11.6 Å². The molecule has 3 N–H and O–H groups in total. The van der Waals surface area contributed by atoms with Crippen molar-refractivity contribution in [2.24, 2.45) is 0 Å². The fraction of sp³-hybridized carbons (Fsp3) is 0.520. The van der Waals surface area contributed by atoms with Gasteiger partial charge in [0, 0.05) is 17.9 Å². The highest BCUT2D eigenvalue weighted by atomic mass is 35.5. The molecule has 0 unspecified atom stereocenters. The molecule has 6 heteroatoms. The number of rotatable bonds is 6. The van der Waals surface area contributed by atoms with Crippen LogP contribution in [0.15, 0.2) is 42.5 Å². The van der Waals surface area contributed by atoms with Crippen molar-refractivity contribution >= 4 is 11.6 Å². The number of halogens is 1. The molecule has 2 aromatic rings. The lowest BCUT2D eigenvalue weighted by molar-refractivity contribution is -0.113. The second-order valence-corrected chi connectivity index (χ2v) is 9.18. The van der Waals surface area contributed by atoms with Crippen molar-refractivity contribution in [1.82, 2.24) is 0 Å². The predicted molar refractivity (Wildman–Crippen MR) is 120 cm³/mol. The topological polar surface area (TPSA) is 79.2 Å². The van der Waals surface area contributed by atoms with Gasteiger partial charge in [-0.1, -0.05) is 35.9 Å². The van der Waals surface area contributed by atoms with Gasteiger partial charge in [0.1, 0.15) is 5.75 Å². The van der Waals surface area contributed by atoms with Gasteiger partial charge in [-0.3, -0.25) is 0 Å². The first kappa shape index (κ1) is 22.6. The van der Waals surface area contributed by atoms with E-state index in [1.165, 1.54) is 0 Å². The molecule has 2 aromatic carbocycles. The molecule has 0 radical (unpaired) electrons. The standard InChI is InChI=1S/C25H31ClO5/c26-24-10-3-17(25-14-20(29)13-23(15-27)31-25)12-18(24)11-16-1-6-21(7-2-16)30-22-8-4-19(28)5-9-22/h1-3,6-7,10,12,19-20,22-23,25,27-29H,4-5,8-9,11,13-15H2/t19?,20-,22?,23-,25+/m0/s1. The Kier molecular flexibility index (Phi) is 7.51. The SMILES string of the molecule is OC[C@@H]1C[C@H](O)C[C@H](c2ccc(Cl)c(Cc3ccc(OC4CCC(O)CC4)cc3)c2)O1. The molecule has 0 spiro atoms. The van der Waals surface area contributed by atoms with Crippen LogP contribution in [0.5, 0.6) is 5.75 Å². The zero-order valence-electron chi connectivity index (χ0n) is 17.6. The fourth-order valence-corrected chi connectivity index (χ4v) is 4.70. The molecule has 1 aliphatic heterocycles. The van der Waals surface area contributed by atoms with Crippen molar-refractivity contribution in [3.8, 4) is 5.75 Å². The first-order valence-corrected chi connectivity index (χ1v) is 11.5. The van der Waals surface area contributed by atoms with Crippen LogP contribution in [0.1, 0.15) is 61.3 Å². The third kappa shape index (κ3) is 5.99. The summed E-state index contributed by atoms with van der Waals surface area (Å²) in [6.45, 7) is -0.0934. The van der Waals surface area contributed by atoms with E-state index in [0.29, 0.717) is 24.3 Å². The Morgan fingerprint density at radius 2 is 1.68 bits per heavy atom. The molecule has 2 fully saturated rings. The van der Waals surface area contributed by atoms with Crippen LogP contribution in [-0.4, -0.2) is 46.3 Å². The molecule has 1 saturated heterocycles. The molecule has 2 aliphatic rings. The van der Waals surface area contributed by atoms with Gasteiger partial charge in [-0.15, -0.1) is 0 Å². The summed E-state index contributed by atoms with van der Waals surface area (Å²) in [4.78, 5) is 0. The van der Waals surface area contributed by atoms with E-state index >= 15 is 0 Å². The molecule has 0 amide bonds.